The zero-order chi connectivity index (χ0) is 14.4. The molecule has 1 spiro atoms. The lowest BCUT2D eigenvalue weighted by molar-refractivity contribution is -0.143. The Morgan fingerprint density at radius 1 is 1.45 bits per heavy atom. The van der Waals surface area contributed by atoms with Gasteiger partial charge in [0.15, 0.2) is 11.4 Å². The zero-order valence-electron chi connectivity index (χ0n) is 11.4. The largest absolute Gasteiger partial charge is 0.457 e. The summed E-state index contributed by atoms with van der Waals surface area (Å²) in [6, 6.07) is 0. The van der Waals surface area contributed by atoms with E-state index in [0.29, 0.717) is 12.0 Å². The normalized spacial score (nSPS) is 52.8. The van der Waals surface area contributed by atoms with E-state index in [1.54, 1.807) is 6.08 Å². The molecule has 3 fully saturated rings. The van der Waals surface area contributed by atoms with Gasteiger partial charge in [-0.05, 0) is 19.9 Å². The van der Waals surface area contributed by atoms with Gasteiger partial charge in [0.2, 0.25) is 0 Å². The number of aliphatic hydroxyl groups is 1. The van der Waals surface area contributed by atoms with Gasteiger partial charge < -0.3 is 14.6 Å². The SMILES string of the molecule is C=C1C(=O)O[C@@H]2[C@H]1[C@@H](O)C[C@]1(C)O[C@@]13C(=O)C=C(C)[C@H]23. The summed E-state index contributed by atoms with van der Waals surface area (Å²) in [5.41, 5.74) is -0.484. The van der Waals surface area contributed by atoms with Crippen molar-refractivity contribution in [1.29, 1.82) is 0 Å². The highest BCUT2D eigenvalue weighted by molar-refractivity contribution is 6.05. The fourth-order valence-electron chi connectivity index (χ4n) is 4.45. The molecule has 1 saturated carbocycles. The predicted octanol–water partition coefficient (Wildman–Crippen LogP) is 0.522. The first-order valence-corrected chi connectivity index (χ1v) is 6.82. The number of ketones is 1. The van der Waals surface area contributed by atoms with Crippen LogP contribution in [0.3, 0.4) is 0 Å². The van der Waals surface area contributed by atoms with Gasteiger partial charge in [-0.15, -0.1) is 0 Å². The van der Waals surface area contributed by atoms with Crippen LogP contribution in [0, 0.1) is 11.8 Å². The fourth-order valence-corrected chi connectivity index (χ4v) is 4.45. The number of ether oxygens (including phenoxy) is 2. The third-order valence-corrected chi connectivity index (χ3v) is 5.39. The first kappa shape index (κ1) is 12.3. The molecule has 5 nitrogen and oxygen atoms in total. The number of carbonyl (C=O) groups excluding carboxylic acids is 2. The molecule has 0 aromatic heterocycles. The second-order valence-electron chi connectivity index (χ2n) is 6.49. The molecule has 0 bridgehead atoms. The van der Waals surface area contributed by atoms with Gasteiger partial charge in [-0.1, -0.05) is 12.2 Å². The number of esters is 1. The van der Waals surface area contributed by atoms with Crippen molar-refractivity contribution >= 4 is 11.8 Å². The molecule has 6 atom stereocenters. The van der Waals surface area contributed by atoms with E-state index < -0.39 is 35.3 Å². The molecule has 2 heterocycles. The highest BCUT2D eigenvalue weighted by atomic mass is 16.6. The Hall–Kier alpha value is -1.46. The van der Waals surface area contributed by atoms with Gasteiger partial charge in [0.05, 0.1) is 17.9 Å². The van der Waals surface area contributed by atoms with Gasteiger partial charge in [-0.25, -0.2) is 4.79 Å². The zero-order valence-corrected chi connectivity index (χ0v) is 11.4. The number of hydrogen-bond donors (Lipinski definition) is 1. The van der Waals surface area contributed by atoms with E-state index in [0.717, 1.165) is 5.57 Å². The summed E-state index contributed by atoms with van der Waals surface area (Å²) in [7, 11) is 0. The molecule has 0 radical (unpaired) electrons. The summed E-state index contributed by atoms with van der Waals surface area (Å²) in [6.45, 7) is 7.45. The van der Waals surface area contributed by atoms with Gasteiger partial charge in [0.25, 0.3) is 0 Å². The van der Waals surface area contributed by atoms with Crippen LogP contribution in [0.25, 0.3) is 0 Å². The quantitative estimate of drug-likeness (QED) is 0.396. The number of rotatable bonds is 0. The number of fused-ring (bicyclic) bond motifs is 2. The molecule has 2 aliphatic heterocycles. The van der Waals surface area contributed by atoms with Crippen molar-refractivity contribution in [3.8, 4) is 0 Å². The summed E-state index contributed by atoms with van der Waals surface area (Å²) in [5, 5.41) is 10.4. The summed E-state index contributed by atoms with van der Waals surface area (Å²) in [6.07, 6.45) is 0.554. The van der Waals surface area contributed by atoms with E-state index in [4.69, 9.17) is 9.47 Å². The number of aliphatic hydroxyl groups excluding tert-OH is 1. The third kappa shape index (κ3) is 1.09. The highest BCUT2D eigenvalue weighted by Gasteiger charge is 2.81. The molecule has 4 rings (SSSR count). The van der Waals surface area contributed by atoms with Crippen LogP contribution in [0.5, 0.6) is 0 Å². The average Bonchev–Trinajstić information content (AvgIpc) is 2.73. The Morgan fingerprint density at radius 2 is 2.15 bits per heavy atom. The molecular formula is C15H16O5. The van der Waals surface area contributed by atoms with Crippen LogP contribution in [0.1, 0.15) is 20.3 Å². The topological polar surface area (TPSA) is 76.1 Å². The smallest absolute Gasteiger partial charge is 0.334 e. The molecule has 0 aromatic carbocycles. The Labute approximate surface area is 116 Å². The van der Waals surface area contributed by atoms with Crippen molar-refractivity contribution in [2.24, 2.45) is 11.8 Å². The lowest BCUT2D eigenvalue weighted by Gasteiger charge is -2.27. The van der Waals surface area contributed by atoms with Crippen molar-refractivity contribution in [3.05, 3.63) is 23.8 Å². The van der Waals surface area contributed by atoms with Gasteiger partial charge in [0.1, 0.15) is 11.7 Å². The molecule has 5 heteroatoms. The molecule has 0 aromatic rings. The molecule has 0 unspecified atom stereocenters. The molecule has 2 saturated heterocycles. The maximum Gasteiger partial charge on any atom is 0.334 e. The average molecular weight is 276 g/mol. The predicted molar refractivity (Wildman–Crippen MR) is 67.6 cm³/mol. The lowest BCUT2D eigenvalue weighted by Crippen LogP contribution is -2.41. The molecule has 0 amide bonds. The van der Waals surface area contributed by atoms with Crippen LogP contribution in [-0.2, 0) is 19.1 Å². The minimum Gasteiger partial charge on any atom is -0.457 e. The second-order valence-corrected chi connectivity index (χ2v) is 6.49. The van der Waals surface area contributed by atoms with Crippen LogP contribution in [-0.4, -0.2) is 40.3 Å². The van der Waals surface area contributed by atoms with E-state index in [1.807, 2.05) is 13.8 Å². The Balaban J connectivity index is 1.88. The molecule has 20 heavy (non-hydrogen) atoms. The maximum atomic E-state index is 12.4. The molecule has 4 aliphatic rings. The third-order valence-electron chi connectivity index (χ3n) is 5.39. The monoisotopic (exact) mass is 276 g/mol. The van der Waals surface area contributed by atoms with Crippen molar-refractivity contribution in [1.82, 2.24) is 0 Å². The number of hydrogen-bond acceptors (Lipinski definition) is 5. The Bertz CT molecular complexity index is 605. The van der Waals surface area contributed by atoms with E-state index in [1.165, 1.54) is 0 Å². The standard InChI is InChI=1S/C15H16O5/c1-6-4-9(17)15-11(6)12-10(7(2)13(18)19-12)8(16)5-14(15,3)20-15/h4,8,10-12,16H,2,5H2,1,3H3/t8-,10+,11+,12+,14-,15+/m0/s1. The van der Waals surface area contributed by atoms with E-state index in [9.17, 15) is 14.7 Å². The maximum absolute atomic E-state index is 12.4. The molecule has 2 aliphatic carbocycles. The van der Waals surface area contributed by atoms with Crippen LogP contribution >= 0.6 is 0 Å². The van der Waals surface area contributed by atoms with Gasteiger partial charge in [-0.3, -0.25) is 4.79 Å². The van der Waals surface area contributed by atoms with Crippen molar-refractivity contribution in [2.75, 3.05) is 0 Å². The minimum absolute atomic E-state index is 0.0797. The van der Waals surface area contributed by atoms with Crippen LogP contribution in [0.15, 0.2) is 23.8 Å². The summed E-state index contributed by atoms with van der Waals surface area (Å²) in [5.74, 6) is -1.33. The van der Waals surface area contributed by atoms with Crippen molar-refractivity contribution in [3.63, 3.8) is 0 Å². The number of carbonyl (C=O) groups is 2. The Kier molecular flexibility index (Phi) is 1.99. The Morgan fingerprint density at radius 3 is 2.85 bits per heavy atom. The van der Waals surface area contributed by atoms with Crippen LogP contribution in [0.4, 0.5) is 0 Å². The minimum atomic E-state index is -0.956. The van der Waals surface area contributed by atoms with E-state index >= 15 is 0 Å². The fraction of sp³-hybridized carbons (Fsp3) is 0.600. The van der Waals surface area contributed by atoms with E-state index in [2.05, 4.69) is 6.58 Å². The van der Waals surface area contributed by atoms with Crippen molar-refractivity contribution < 1.29 is 24.2 Å². The molecular weight excluding hydrogens is 260 g/mol. The second kappa shape index (κ2) is 3.23. The summed E-state index contributed by atoms with van der Waals surface area (Å²) < 4.78 is 11.2. The van der Waals surface area contributed by atoms with Crippen LogP contribution < -0.4 is 0 Å². The van der Waals surface area contributed by atoms with Gasteiger partial charge in [0, 0.05) is 12.0 Å². The van der Waals surface area contributed by atoms with Crippen LogP contribution in [0.2, 0.25) is 0 Å². The number of epoxide rings is 1. The lowest BCUT2D eigenvalue weighted by atomic mass is 9.78. The summed E-state index contributed by atoms with van der Waals surface area (Å²) >= 11 is 0. The first-order chi connectivity index (χ1) is 9.32. The van der Waals surface area contributed by atoms with Gasteiger partial charge >= 0.3 is 5.97 Å². The summed E-state index contributed by atoms with van der Waals surface area (Å²) in [4.78, 5) is 24.1. The first-order valence-electron chi connectivity index (χ1n) is 6.82. The molecule has 1 N–H and O–H groups in total. The van der Waals surface area contributed by atoms with Gasteiger partial charge in [-0.2, -0.15) is 0 Å². The van der Waals surface area contributed by atoms with Crippen molar-refractivity contribution in [2.45, 2.75) is 43.7 Å². The highest BCUT2D eigenvalue weighted by Crippen LogP contribution is 2.65. The molecule has 106 valence electrons. The van der Waals surface area contributed by atoms with E-state index in [-0.39, 0.29) is 11.7 Å².